The number of anilines is 2. The van der Waals surface area contributed by atoms with Gasteiger partial charge in [0, 0.05) is 27.2 Å². The van der Waals surface area contributed by atoms with Crippen molar-refractivity contribution in [3.8, 4) is 0 Å². The molecule has 0 spiro atoms. The lowest BCUT2D eigenvalue weighted by Crippen LogP contribution is -2.15. The molecule has 3 heterocycles. The summed E-state index contributed by atoms with van der Waals surface area (Å²) in [6.07, 6.45) is 2.15. The minimum Gasteiger partial charge on any atom is -0.400 e. The SMILES string of the molecule is CNc1nc(N)nc2c1ncn2C1O[C@H](CO)CC1C.CO.CO. The van der Waals surface area contributed by atoms with Crippen molar-refractivity contribution in [1.82, 2.24) is 19.5 Å². The highest BCUT2D eigenvalue weighted by molar-refractivity contribution is 5.84. The largest absolute Gasteiger partial charge is 0.400 e. The number of rotatable bonds is 3. The van der Waals surface area contributed by atoms with Crippen LogP contribution in [0.25, 0.3) is 11.2 Å². The Morgan fingerprint density at radius 1 is 1.33 bits per heavy atom. The number of hydrogen-bond acceptors (Lipinski definition) is 9. The van der Waals surface area contributed by atoms with E-state index in [1.54, 1.807) is 13.4 Å². The van der Waals surface area contributed by atoms with Crippen LogP contribution in [-0.2, 0) is 4.74 Å². The zero-order valence-electron chi connectivity index (χ0n) is 14.3. The van der Waals surface area contributed by atoms with Gasteiger partial charge in [0.1, 0.15) is 6.23 Å². The molecule has 2 aromatic rings. The summed E-state index contributed by atoms with van der Waals surface area (Å²) in [4.78, 5) is 12.7. The maximum Gasteiger partial charge on any atom is 0.224 e. The van der Waals surface area contributed by atoms with E-state index in [1.165, 1.54) is 0 Å². The van der Waals surface area contributed by atoms with Gasteiger partial charge in [-0.15, -0.1) is 0 Å². The smallest absolute Gasteiger partial charge is 0.224 e. The van der Waals surface area contributed by atoms with E-state index in [0.29, 0.717) is 17.0 Å². The highest BCUT2D eigenvalue weighted by Gasteiger charge is 2.34. The third-order valence-electron chi connectivity index (χ3n) is 3.61. The van der Waals surface area contributed by atoms with Crippen molar-refractivity contribution in [2.75, 3.05) is 38.9 Å². The monoisotopic (exact) mass is 342 g/mol. The van der Waals surface area contributed by atoms with Gasteiger partial charge in [-0.2, -0.15) is 9.97 Å². The normalized spacial score (nSPS) is 22.4. The van der Waals surface area contributed by atoms with Crippen molar-refractivity contribution >= 4 is 22.9 Å². The number of ether oxygens (including phenoxy) is 1. The molecule has 0 aliphatic carbocycles. The molecular weight excluding hydrogens is 316 g/mol. The molecule has 24 heavy (non-hydrogen) atoms. The number of hydrogen-bond donors (Lipinski definition) is 5. The van der Waals surface area contributed by atoms with Crippen LogP contribution in [0.2, 0.25) is 0 Å². The van der Waals surface area contributed by atoms with Crippen LogP contribution < -0.4 is 11.1 Å². The van der Waals surface area contributed by atoms with Gasteiger partial charge in [0.05, 0.1) is 19.0 Å². The average Bonchev–Trinajstić information content (AvgIpc) is 3.20. The van der Waals surface area contributed by atoms with Gasteiger partial charge in [-0.05, 0) is 6.42 Å². The summed E-state index contributed by atoms with van der Waals surface area (Å²) < 4.78 is 7.70. The first-order valence-electron chi connectivity index (χ1n) is 7.47. The molecule has 1 aliphatic rings. The molecule has 6 N–H and O–H groups in total. The van der Waals surface area contributed by atoms with Crippen LogP contribution in [0.3, 0.4) is 0 Å². The maximum atomic E-state index is 9.23. The Kier molecular flexibility index (Phi) is 7.79. The molecular formula is C14H26N6O4. The van der Waals surface area contributed by atoms with Crippen LogP contribution >= 0.6 is 0 Å². The summed E-state index contributed by atoms with van der Waals surface area (Å²) in [5.74, 6) is 1.04. The molecule has 0 aromatic carbocycles. The number of aliphatic hydroxyl groups is 3. The van der Waals surface area contributed by atoms with Crippen molar-refractivity contribution < 1.29 is 20.1 Å². The Morgan fingerprint density at radius 3 is 2.54 bits per heavy atom. The lowest BCUT2D eigenvalue weighted by atomic mass is 10.1. The summed E-state index contributed by atoms with van der Waals surface area (Å²) in [5.41, 5.74) is 7.02. The molecule has 10 heteroatoms. The highest BCUT2D eigenvalue weighted by Crippen LogP contribution is 2.36. The summed E-state index contributed by atoms with van der Waals surface area (Å²) in [5, 5.41) is 26.2. The van der Waals surface area contributed by atoms with Gasteiger partial charge >= 0.3 is 0 Å². The van der Waals surface area contributed by atoms with E-state index in [-0.39, 0.29) is 30.8 Å². The van der Waals surface area contributed by atoms with Gasteiger partial charge in [0.15, 0.2) is 17.0 Å². The Bertz CT molecular complexity index is 635. The zero-order valence-corrected chi connectivity index (χ0v) is 14.3. The number of nitrogens with zero attached hydrogens (tertiary/aromatic N) is 4. The van der Waals surface area contributed by atoms with Crippen molar-refractivity contribution in [2.45, 2.75) is 25.7 Å². The lowest BCUT2D eigenvalue weighted by Gasteiger charge is -2.17. The number of fused-ring (bicyclic) bond motifs is 1. The molecule has 0 radical (unpaired) electrons. The fourth-order valence-corrected chi connectivity index (χ4v) is 2.67. The molecule has 0 amide bonds. The molecule has 3 atom stereocenters. The Labute approximate surface area is 140 Å². The molecule has 2 aromatic heterocycles. The van der Waals surface area contributed by atoms with Crippen molar-refractivity contribution in [3.63, 3.8) is 0 Å². The molecule has 1 aliphatic heterocycles. The second-order valence-corrected chi connectivity index (χ2v) is 5.05. The summed E-state index contributed by atoms with van der Waals surface area (Å²) in [6, 6.07) is 0. The van der Waals surface area contributed by atoms with E-state index in [0.717, 1.165) is 20.6 Å². The first-order chi connectivity index (χ1) is 11.6. The van der Waals surface area contributed by atoms with Crippen LogP contribution in [0.4, 0.5) is 11.8 Å². The third kappa shape index (κ3) is 3.90. The lowest BCUT2D eigenvalue weighted by molar-refractivity contribution is -0.0294. The molecule has 136 valence electrons. The molecule has 2 unspecified atom stereocenters. The van der Waals surface area contributed by atoms with Gasteiger partial charge in [-0.3, -0.25) is 4.57 Å². The van der Waals surface area contributed by atoms with Gasteiger partial charge in [-0.1, -0.05) is 6.92 Å². The Morgan fingerprint density at radius 2 is 2.00 bits per heavy atom. The Balaban J connectivity index is 0.000000671. The average molecular weight is 342 g/mol. The van der Waals surface area contributed by atoms with Gasteiger partial charge in [-0.25, -0.2) is 4.98 Å². The van der Waals surface area contributed by atoms with E-state index in [4.69, 9.17) is 20.7 Å². The number of aliphatic hydroxyl groups excluding tert-OH is 3. The first kappa shape index (κ1) is 20.0. The van der Waals surface area contributed by atoms with Crippen LogP contribution in [0.5, 0.6) is 0 Å². The van der Waals surface area contributed by atoms with E-state index >= 15 is 0 Å². The van der Waals surface area contributed by atoms with E-state index in [1.807, 2.05) is 4.57 Å². The predicted octanol–water partition coefficient (Wildman–Crippen LogP) is -0.417. The summed E-state index contributed by atoms with van der Waals surface area (Å²) >= 11 is 0. The highest BCUT2D eigenvalue weighted by atomic mass is 16.5. The molecule has 0 bridgehead atoms. The number of nitrogens with one attached hydrogen (secondary N) is 1. The fourth-order valence-electron chi connectivity index (χ4n) is 2.67. The van der Waals surface area contributed by atoms with E-state index < -0.39 is 0 Å². The standard InChI is InChI=1S/C12H18N6O2.2CH4O/c1-6-3-7(4-19)20-11(6)18-5-15-8-9(14-2)16-12(13)17-10(8)18;2*1-2/h5-7,11,19H,3-4H2,1-2H3,(H3,13,14,16,17);2*2H,1H3/t6?,7-,11?;;/m0../s1. The number of imidazole rings is 1. The van der Waals surface area contributed by atoms with Crippen molar-refractivity contribution in [2.24, 2.45) is 5.92 Å². The van der Waals surface area contributed by atoms with Crippen molar-refractivity contribution in [1.29, 1.82) is 0 Å². The quantitative estimate of drug-likeness (QED) is 0.501. The minimum absolute atomic E-state index is 0.0202. The minimum atomic E-state index is -0.198. The molecule has 3 rings (SSSR count). The summed E-state index contributed by atoms with van der Waals surface area (Å²) in [6.45, 7) is 2.10. The topological polar surface area (TPSA) is 152 Å². The van der Waals surface area contributed by atoms with Crippen LogP contribution in [0.15, 0.2) is 6.33 Å². The number of aromatic nitrogens is 4. The second kappa shape index (κ2) is 9.33. The fraction of sp³-hybridized carbons (Fsp3) is 0.643. The zero-order chi connectivity index (χ0) is 18.3. The van der Waals surface area contributed by atoms with Gasteiger partial charge in [0.25, 0.3) is 0 Å². The van der Waals surface area contributed by atoms with Crippen LogP contribution in [0.1, 0.15) is 19.6 Å². The van der Waals surface area contributed by atoms with E-state index in [2.05, 4.69) is 27.2 Å². The van der Waals surface area contributed by atoms with Gasteiger partial charge < -0.3 is 31.1 Å². The maximum absolute atomic E-state index is 9.23. The first-order valence-corrected chi connectivity index (χ1v) is 7.47. The van der Waals surface area contributed by atoms with Gasteiger partial charge in [0.2, 0.25) is 5.95 Å². The molecule has 10 nitrogen and oxygen atoms in total. The Hall–Kier alpha value is -2.01. The summed E-state index contributed by atoms with van der Waals surface area (Å²) in [7, 11) is 3.76. The van der Waals surface area contributed by atoms with E-state index in [9.17, 15) is 5.11 Å². The molecule has 1 saturated heterocycles. The third-order valence-corrected chi connectivity index (χ3v) is 3.61. The van der Waals surface area contributed by atoms with Crippen molar-refractivity contribution in [3.05, 3.63) is 6.33 Å². The number of nitrogens with two attached hydrogens (primary N) is 1. The second-order valence-electron chi connectivity index (χ2n) is 5.05. The number of nitrogen functional groups attached to an aromatic ring is 1. The molecule has 0 saturated carbocycles. The predicted molar refractivity (Wildman–Crippen MR) is 90.3 cm³/mol. The van der Waals surface area contributed by atoms with Crippen LogP contribution in [-0.4, -0.2) is 68.8 Å². The molecule has 1 fully saturated rings. The van der Waals surface area contributed by atoms with Crippen LogP contribution in [0, 0.1) is 5.92 Å².